The molecule has 0 rings (SSSR count). The lowest BCUT2D eigenvalue weighted by Gasteiger charge is -2.14. The van der Waals surface area contributed by atoms with Gasteiger partial charge in [0.25, 0.3) is 0 Å². The molecule has 0 unspecified atom stereocenters. The average Bonchev–Trinajstić information content (AvgIpc) is 1.87. The van der Waals surface area contributed by atoms with Gasteiger partial charge >= 0.3 is 12.1 Å². The normalized spacial score (nSPS) is 8.73. The lowest BCUT2D eigenvalue weighted by atomic mass is 10.7. The van der Waals surface area contributed by atoms with Crippen molar-refractivity contribution in [1.82, 2.24) is 15.1 Å². The Labute approximate surface area is 66.0 Å². The molecule has 4 amide bonds. The third kappa shape index (κ3) is 3.44. The predicted molar refractivity (Wildman–Crippen MR) is 41.3 cm³/mol. The third-order valence-corrected chi connectivity index (χ3v) is 1.03. The minimum Gasteiger partial charge on any atom is -0.331 e. The lowest BCUT2D eigenvalue weighted by Crippen LogP contribution is -2.43. The molecular weight excluding hydrogens is 146 g/mol. The summed E-state index contributed by atoms with van der Waals surface area (Å²) < 4.78 is 0. The minimum absolute atomic E-state index is 0.413. The highest BCUT2D eigenvalue weighted by Crippen LogP contribution is 1.80. The van der Waals surface area contributed by atoms with E-state index in [-0.39, 0.29) is 0 Å². The van der Waals surface area contributed by atoms with Crippen molar-refractivity contribution in [2.75, 3.05) is 28.2 Å². The Hall–Kier alpha value is -1.26. The lowest BCUT2D eigenvalue weighted by molar-refractivity contribution is 0.200. The second-order valence-corrected chi connectivity index (χ2v) is 2.52. The topological polar surface area (TPSA) is 52.7 Å². The number of nitrogens with one attached hydrogen (secondary N) is 1. The van der Waals surface area contributed by atoms with Gasteiger partial charge in [0.1, 0.15) is 0 Å². The van der Waals surface area contributed by atoms with E-state index in [4.69, 9.17) is 0 Å². The first-order chi connectivity index (χ1) is 4.95. The number of nitrogens with zero attached hydrogens (tertiary/aromatic N) is 2. The molecule has 0 fully saturated rings. The Bertz CT molecular complexity index is 147. The van der Waals surface area contributed by atoms with Gasteiger partial charge in [0, 0.05) is 28.2 Å². The molecule has 0 aromatic carbocycles. The fraction of sp³-hybridized carbons (Fsp3) is 0.667. The molecular formula is C6H13N3O2. The van der Waals surface area contributed by atoms with Crippen molar-refractivity contribution in [2.45, 2.75) is 0 Å². The van der Waals surface area contributed by atoms with Crippen LogP contribution in [0.2, 0.25) is 0 Å². The van der Waals surface area contributed by atoms with Gasteiger partial charge in [-0.3, -0.25) is 5.32 Å². The molecule has 1 N–H and O–H groups in total. The van der Waals surface area contributed by atoms with Crippen LogP contribution in [0.1, 0.15) is 0 Å². The molecule has 0 heterocycles. The molecule has 0 spiro atoms. The first-order valence-electron chi connectivity index (χ1n) is 3.14. The van der Waals surface area contributed by atoms with E-state index in [0.29, 0.717) is 0 Å². The molecule has 5 heteroatoms. The van der Waals surface area contributed by atoms with Crippen molar-refractivity contribution >= 4 is 12.1 Å². The van der Waals surface area contributed by atoms with Crippen LogP contribution in [-0.4, -0.2) is 50.1 Å². The molecule has 5 nitrogen and oxygen atoms in total. The van der Waals surface area contributed by atoms with E-state index < -0.39 is 12.1 Å². The highest BCUT2D eigenvalue weighted by molar-refractivity contribution is 5.92. The number of carbonyl (C=O) groups excluding carboxylic acids is 2. The first kappa shape index (κ1) is 9.74. The smallest absolute Gasteiger partial charge is 0.324 e. The van der Waals surface area contributed by atoms with Crippen LogP contribution >= 0.6 is 0 Å². The number of rotatable bonds is 0. The minimum atomic E-state index is -0.413. The Morgan fingerprint density at radius 1 is 0.909 bits per heavy atom. The maximum Gasteiger partial charge on any atom is 0.324 e. The van der Waals surface area contributed by atoms with Gasteiger partial charge in [0.05, 0.1) is 0 Å². The Kier molecular flexibility index (Phi) is 3.36. The van der Waals surface area contributed by atoms with E-state index in [0.717, 1.165) is 0 Å². The molecule has 0 aromatic rings. The predicted octanol–water partition coefficient (Wildman–Crippen LogP) is -0.0608. The molecule has 0 bridgehead atoms. The molecule has 0 aliphatic carbocycles. The first-order valence-corrected chi connectivity index (χ1v) is 3.14. The molecule has 0 aliphatic heterocycles. The van der Waals surface area contributed by atoms with Crippen LogP contribution in [0.3, 0.4) is 0 Å². The monoisotopic (exact) mass is 159 g/mol. The molecule has 0 saturated carbocycles. The molecule has 0 aromatic heterocycles. The van der Waals surface area contributed by atoms with Crippen LogP contribution in [0.4, 0.5) is 9.59 Å². The average molecular weight is 159 g/mol. The van der Waals surface area contributed by atoms with E-state index in [1.807, 2.05) is 0 Å². The van der Waals surface area contributed by atoms with Crippen molar-refractivity contribution in [3.63, 3.8) is 0 Å². The summed E-state index contributed by atoms with van der Waals surface area (Å²) in [7, 11) is 6.27. The molecule has 0 atom stereocenters. The number of carbonyl (C=O) groups is 2. The second kappa shape index (κ2) is 3.80. The molecule has 0 saturated heterocycles. The summed E-state index contributed by atoms with van der Waals surface area (Å²) in [6.07, 6.45) is 0. The molecule has 0 aliphatic rings. The van der Waals surface area contributed by atoms with E-state index in [9.17, 15) is 9.59 Å². The summed E-state index contributed by atoms with van der Waals surface area (Å²) in [4.78, 5) is 24.2. The fourth-order valence-corrected chi connectivity index (χ4v) is 0.315. The van der Waals surface area contributed by atoms with E-state index in [1.54, 1.807) is 28.2 Å². The van der Waals surface area contributed by atoms with Crippen LogP contribution in [0, 0.1) is 0 Å². The van der Waals surface area contributed by atoms with Crippen molar-refractivity contribution in [3.05, 3.63) is 0 Å². The highest BCUT2D eigenvalue weighted by atomic mass is 16.2. The standard InChI is InChI=1S/C6H13N3O2/c1-8(2)5(10)7-6(11)9(3)4/h1-4H3,(H,7,10,11). The number of amides is 4. The zero-order valence-electron chi connectivity index (χ0n) is 7.21. The van der Waals surface area contributed by atoms with Crippen LogP contribution in [0.25, 0.3) is 0 Å². The summed E-state index contributed by atoms with van der Waals surface area (Å²) in [5, 5.41) is 2.15. The quantitative estimate of drug-likeness (QED) is 0.538. The van der Waals surface area contributed by atoms with Gasteiger partial charge in [-0.1, -0.05) is 0 Å². The maximum absolute atomic E-state index is 10.8. The van der Waals surface area contributed by atoms with Crippen molar-refractivity contribution in [2.24, 2.45) is 0 Å². The Balaban J connectivity index is 3.86. The highest BCUT2D eigenvalue weighted by Gasteiger charge is 2.09. The van der Waals surface area contributed by atoms with Gasteiger partial charge in [-0.25, -0.2) is 9.59 Å². The summed E-state index contributed by atoms with van der Waals surface area (Å²) in [6, 6.07) is -0.826. The summed E-state index contributed by atoms with van der Waals surface area (Å²) in [6.45, 7) is 0. The molecule has 0 radical (unpaired) electrons. The van der Waals surface area contributed by atoms with Crippen LogP contribution in [0.5, 0.6) is 0 Å². The van der Waals surface area contributed by atoms with Gasteiger partial charge in [0.2, 0.25) is 0 Å². The zero-order chi connectivity index (χ0) is 9.02. The second-order valence-electron chi connectivity index (χ2n) is 2.52. The van der Waals surface area contributed by atoms with Gasteiger partial charge in [-0.15, -0.1) is 0 Å². The Morgan fingerprint density at radius 3 is 1.36 bits per heavy atom. The van der Waals surface area contributed by atoms with E-state index in [1.165, 1.54) is 9.80 Å². The molecule has 11 heavy (non-hydrogen) atoms. The van der Waals surface area contributed by atoms with Crippen molar-refractivity contribution < 1.29 is 9.59 Å². The van der Waals surface area contributed by atoms with E-state index in [2.05, 4.69) is 5.32 Å². The van der Waals surface area contributed by atoms with Crippen LogP contribution in [-0.2, 0) is 0 Å². The van der Waals surface area contributed by atoms with Crippen LogP contribution in [0.15, 0.2) is 0 Å². The fourth-order valence-electron chi connectivity index (χ4n) is 0.315. The number of imide groups is 1. The maximum atomic E-state index is 10.8. The van der Waals surface area contributed by atoms with Gasteiger partial charge < -0.3 is 9.80 Å². The largest absolute Gasteiger partial charge is 0.331 e. The van der Waals surface area contributed by atoms with Gasteiger partial charge in [-0.05, 0) is 0 Å². The summed E-state index contributed by atoms with van der Waals surface area (Å²) in [5.41, 5.74) is 0. The summed E-state index contributed by atoms with van der Waals surface area (Å²) >= 11 is 0. The van der Waals surface area contributed by atoms with Gasteiger partial charge in [0.15, 0.2) is 0 Å². The number of urea groups is 2. The van der Waals surface area contributed by atoms with Crippen molar-refractivity contribution in [3.8, 4) is 0 Å². The van der Waals surface area contributed by atoms with E-state index >= 15 is 0 Å². The number of hydrogen-bond donors (Lipinski definition) is 1. The third-order valence-electron chi connectivity index (χ3n) is 1.03. The SMILES string of the molecule is CN(C)C(=O)NC(=O)N(C)C. The summed E-state index contributed by atoms with van der Waals surface area (Å²) in [5.74, 6) is 0. The zero-order valence-corrected chi connectivity index (χ0v) is 7.21. The Morgan fingerprint density at radius 2 is 1.18 bits per heavy atom. The number of hydrogen-bond acceptors (Lipinski definition) is 2. The van der Waals surface area contributed by atoms with Crippen molar-refractivity contribution in [1.29, 1.82) is 0 Å². The van der Waals surface area contributed by atoms with Gasteiger partial charge in [-0.2, -0.15) is 0 Å². The van der Waals surface area contributed by atoms with Crippen LogP contribution < -0.4 is 5.32 Å². The molecule has 64 valence electrons.